The molecule has 2 rings (SSSR count). The van der Waals surface area contributed by atoms with Crippen molar-refractivity contribution in [1.29, 1.82) is 0 Å². The van der Waals surface area contributed by atoms with Gasteiger partial charge in [-0.15, -0.1) is 0 Å². The van der Waals surface area contributed by atoms with Crippen molar-refractivity contribution in [2.24, 2.45) is 0 Å². The zero-order valence-electron chi connectivity index (χ0n) is 24.5. The molecule has 2 aromatic rings. The summed E-state index contributed by atoms with van der Waals surface area (Å²) < 4.78 is 134. The molecule has 0 amide bonds. The van der Waals surface area contributed by atoms with Crippen LogP contribution >= 0.6 is 0 Å². The van der Waals surface area contributed by atoms with Gasteiger partial charge in [0.15, 0.2) is 1.41 Å². The Morgan fingerprint density at radius 2 is 2.40 bits per heavy atom. The normalized spacial score (nSPS) is 24.8. The molecule has 110 valence electrons. The van der Waals surface area contributed by atoms with Crippen LogP contribution in [-0.2, 0) is 22.2 Å². The van der Waals surface area contributed by atoms with E-state index >= 15 is 0 Å². The second-order valence-corrected chi connectivity index (χ2v) is 5.68. The fraction of sp³-hybridized carbons (Fsp3) is 0.429. The standard InChI is InChI=1S/C14H21N3O2S/c1-15-20(18,19)10-11-4-5-14-13(8-11)12(9-16-14)6-7-17(2)3/h4-5,8-9,15-16H,6-7,10H2,1-3H3/i2D3,3D3,4D,5D,7D2,8D,9D/hD2. The smallest absolute Gasteiger partial charge is 0.215 e. The Balaban J connectivity index is 2.86. The molecule has 0 unspecified atom stereocenters. The molecule has 20 heavy (non-hydrogen) atoms. The predicted molar refractivity (Wildman–Crippen MR) is 82.2 cm³/mol. The van der Waals surface area contributed by atoms with Crippen molar-refractivity contribution in [1.82, 2.24) is 14.6 Å². The third-order valence-electron chi connectivity index (χ3n) is 2.47. The highest BCUT2D eigenvalue weighted by Crippen LogP contribution is 2.21. The number of H-pyrrole nitrogens is 1. The molecule has 0 saturated carbocycles. The number of nitrogens with one attached hydrogen (secondary N) is 2. The molecule has 0 fully saturated rings. The summed E-state index contributed by atoms with van der Waals surface area (Å²) in [5.41, 5.74) is -1.56. The average molecular weight is 309 g/mol. The Labute approximate surface area is 139 Å². The van der Waals surface area contributed by atoms with E-state index in [1.807, 2.05) is 0 Å². The van der Waals surface area contributed by atoms with Crippen LogP contribution in [-0.4, -0.2) is 45.8 Å². The van der Waals surface area contributed by atoms with Crippen molar-refractivity contribution in [2.75, 3.05) is 27.5 Å². The lowest BCUT2D eigenvalue weighted by Gasteiger charge is -2.08. The predicted octanol–water partition coefficient (Wildman–Crippen LogP) is 1.32. The van der Waals surface area contributed by atoms with Gasteiger partial charge >= 0.3 is 0 Å². The van der Waals surface area contributed by atoms with Crippen LogP contribution in [0.3, 0.4) is 0 Å². The molecule has 0 aliphatic heterocycles. The van der Waals surface area contributed by atoms with Gasteiger partial charge in [0, 0.05) is 34.5 Å². The lowest BCUT2D eigenvalue weighted by Crippen LogP contribution is -2.20. The molecule has 1 aromatic carbocycles. The number of aromatic nitrogens is 1. The van der Waals surface area contributed by atoms with E-state index in [1.54, 1.807) is 0 Å². The maximum Gasteiger partial charge on any atom is 0.215 e. The molecule has 1 aromatic heterocycles. The Bertz CT molecular complexity index is 1200. The molecular weight excluding hydrogens is 274 g/mol. The van der Waals surface area contributed by atoms with Gasteiger partial charge < -0.3 is 9.88 Å². The topological polar surface area (TPSA) is 65.2 Å². The van der Waals surface area contributed by atoms with Gasteiger partial charge in [0.1, 0.15) is 1.41 Å². The van der Waals surface area contributed by atoms with Gasteiger partial charge in [-0.25, -0.2) is 13.1 Å². The van der Waals surface area contributed by atoms with Crippen LogP contribution in [0.5, 0.6) is 0 Å². The largest absolute Gasteiger partial charge is 0.361 e. The molecular formula is C14H21N3O2S. The van der Waals surface area contributed by atoms with E-state index in [9.17, 15) is 8.42 Å². The number of aryl methyl sites for hydroxylation is 1. The van der Waals surface area contributed by atoms with E-state index in [-0.39, 0.29) is 9.62 Å². The Hall–Kier alpha value is -1.37. The first-order valence-corrected chi connectivity index (χ1v) is 7.04. The summed E-state index contributed by atoms with van der Waals surface area (Å²) in [6, 6.07) is -2.24. The van der Waals surface area contributed by atoms with Crippen molar-refractivity contribution in [3.8, 4) is 0 Å². The fourth-order valence-electron chi connectivity index (χ4n) is 1.53. The Morgan fingerprint density at radius 3 is 3.10 bits per heavy atom. The summed E-state index contributed by atoms with van der Waals surface area (Å²) in [6.45, 7) is -10.0. The molecule has 0 radical (unpaired) electrons. The summed E-state index contributed by atoms with van der Waals surface area (Å²) in [7, 11) is -3.45. The second-order valence-electron chi connectivity index (χ2n) is 3.86. The number of likely N-dealkylation sites (N-methyl/N-ethyl adjacent to an activating group) is 1. The number of aromatic amines is 1. The minimum atomic E-state index is -4.34. The highest BCUT2D eigenvalue weighted by Gasteiger charge is 2.11. The first-order chi connectivity index (χ1) is 15.1. The molecule has 0 aliphatic carbocycles. The van der Waals surface area contributed by atoms with Crippen LogP contribution in [0.2, 0.25) is 2.82 Å². The average Bonchev–Trinajstić information content (AvgIpc) is 2.85. The minimum Gasteiger partial charge on any atom is -0.361 e. The molecule has 0 atom stereocenters. The summed E-state index contributed by atoms with van der Waals surface area (Å²) in [4.78, 5) is -0.0485. The first-order valence-electron chi connectivity index (χ1n) is 12.3. The lowest BCUT2D eigenvalue weighted by atomic mass is 10.1. The molecule has 0 bridgehead atoms. The van der Waals surface area contributed by atoms with E-state index in [0.29, 0.717) is 4.98 Å². The van der Waals surface area contributed by atoms with Crippen molar-refractivity contribution in [2.45, 2.75) is 12.2 Å². The summed E-state index contributed by atoms with van der Waals surface area (Å²) in [5, 5.41) is -0.459. The van der Waals surface area contributed by atoms with E-state index in [2.05, 4.69) is 0 Å². The highest BCUT2D eigenvalue weighted by molar-refractivity contribution is 7.88. The van der Waals surface area contributed by atoms with Gasteiger partial charge in [0.25, 0.3) is 0 Å². The highest BCUT2D eigenvalue weighted by atomic mass is 32.2. The number of fused-ring (bicyclic) bond motifs is 1. The van der Waals surface area contributed by atoms with Gasteiger partial charge in [-0.1, -0.05) is 6.04 Å². The molecule has 1 heterocycles. The minimum absolute atomic E-state index is 0.0926. The van der Waals surface area contributed by atoms with Crippen molar-refractivity contribution < 1.29 is 27.7 Å². The van der Waals surface area contributed by atoms with Crippen LogP contribution in [0.4, 0.5) is 0 Å². The number of nitrogens with zero attached hydrogens (tertiary/aromatic N) is 1. The van der Waals surface area contributed by atoms with Gasteiger partial charge in [-0.3, -0.25) is 0 Å². The van der Waals surface area contributed by atoms with Crippen LogP contribution in [0.25, 0.3) is 10.9 Å². The SMILES string of the molecule is [2H]c1c(CS(=O)(=O)N([2H])C)c([2H])c2c(CC([2H])([2H])N(C([2H])([2H])[2H])C([2H])([2H])[2H])c([2H])n([2H])c2c1[2H]. The lowest BCUT2D eigenvalue weighted by molar-refractivity contribution is 0.414. The van der Waals surface area contributed by atoms with Gasteiger partial charge in [0.05, 0.1) is 11.2 Å². The Morgan fingerprint density at radius 1 is 1.60 bits per heavy atom. The van der Waals surface area contributed by atoms with Crippen LogP contribution in [0, 0.1) is 0 Å². The van der Waals surface area contributed by atoms with Crippen LogP contribution < -0.4 is 4.72 Å². The maximum absolute atomic E-state index is 12.2. The number of benzene rings is 1. The third-order valence-corrected chi connectivity index (χ3v) is 3.68. The third kappa shape index (κ3) is 3.59. The number of hydrogen-bond donors (Lipinski definition) is 2. The summed E-state index contributed by atoms with van der Waals surface area (Å²) in [5.74, 6) is -1.05. The number of rotatable bonds is 6. The van der Waals surface area contributed by atoms with Gasteiger partial charge in [-0.05, 0) is 50.6 Å². The van der Waals surface area contributed by atoms with E-state index in [0.717, 1.165) is 7.05 Å². The quantitative estimate of drug-likeness (QED) is 0.846. The maximum atomic E-state index is 12.2. The molecule has 5 nitrogen and oxygen atoms in total. The molecule has 0 spiro atoms. The van der Waals surface area contributed by atoms with E-state index < -0.39 is 89.0 Å². The second kappa shape index (κ2) is 5.95. The summed E-state index contributed by atoms with van der Waals surface area (Å²) >= 11 is 0. The van der Waals surface area contributed by atoms with E-state index in [1.165, 1.54) is 0 Å². The zero-order chi connectivity index (χ0) is 26.8. The summed E-state index contributed by atoms with van der Waals surface area (Å²) in [6.07, 6.45) is -1.91. The van der Waals surface area contributed by atoms with Crippen LogP contribution in [0.1, 0.15) is 27.6 Å². The van der Waals surface area contributed by atoms with Gasteiger partial charge in [-0.2, -0.15) is 0 Å². The zero-order valence-corrected chi connectivity index (χ0v) is 11.3. The molecule has 6 heteroatoms. The first kappa shape index (κ1) is 5.12. The van der Waals surface area contributed by atoms with Crippen molar-refractivity contribution >= 4 is 20.9 Å². The van der Waals surface area contributed by atoms with Gasteiger partial charge in [0.2, 0.25) is 10.0 Å². The number of hydrogen-bond acceptors (Lipinski definition) is 3. The molecule has 2 N–H and O–H groups in total. The molecule has 0 saturated heterocycles. The van der Waals surface area contributed by atoms with Crippen molar-refractivity contribution in [3.63, 3.8) is 0 Å². The monoisotopic (exact) mass is 309 g/mol. The molecule has 0 aliphatic rings. The fourth-order valence-corrected chi connectivity index (χ4v) is 2.16. The van der Waals surface area contributed by atoms with Crippen LogP contribution in [0.15, 0.2) is 24.3 Å². The van der Waals surface area contributed by atoms with E-state index in [4.69, 9.17) is 19.3 Å². The van der Waals surface area contributed by atoms with Crippen molar-refractivity contribution in [3.05, 3.63) is 35.4 Å². The Kier molecular flexibility index (Phi) is 1.52. The number of sulfonamides is 1.